The van der Waals surface area contributed by atoms with E-state index < -0.39 is 0 Å². The standard InChI is InChI=1S/C15H19NO/c17-14-7-4-8-15(14)9-10-16(12-15)11-13-5-2-1-3-6-13/h1-3,5-6H,4,7-12H2/t15-/m0/s1. The fraction of sp³-hybridized carbons (Fsp3) is 0.533. The van der Waals surface area contributed by atoms with Gasteiger partial charge in [-0.15, -0.1) is 0 Å². The van der Waals surface area contributed by atoms with Crippen molar-refractivity contribution in [3.8, 4) is 0 Å². The zero-order valence-corrected chi connectivity index (χ0v) is 10.2. The van der Waals surface area contributed by atoms with Crippen LogP contribution in [-0.2, 0) is 11.3 Å². The highest BCUT2D eigenvalue weighted by Gasteiger charge is 2.46. The van der Waals surface area contributed by atoms with Gasteiger partial charge in [0.05, 0.1) is 0 Å². The molecule has 1 atom stereocenters. The molecule has 1 saturated carbocycles. The number of carbonyl (C=O) groups is 1. The average molecular weight is 229 g/mol. The Hall–Kier alpha value is -1.15. The average Bonchev–Trinajstić information content (AvgIpc) is 2.90. The van der Waals surface area contributed by atoms with Crippen molar-refractivity contribution < 1.29 is 4.79 Å². The van der Waals surface area contributed by atoms with Crippen LogP contribution in [0.4, 0.5) is 0 Å². The van der Waals surface area contributed by atoms with Crippen LogP contribution in [0, 0.1) is 5.41 Å². The monoisotopic (exact) mass is 229 g/mol. The summed E-state index contributed by atoms with van der Waals surface area (Å²) < 4.78 is 0. The molecule has 1 aliphatic carbocycles. The van der Waals surface area contributed by atoms with Crippen molar-refractivity contribution in [1.82, 2.24) is 4.90 Å². The van der Waals surface area contributed by atoms with E-state index in [4.69, 9.17) is 0 Å². The molecule has 2 heteroatoms. The van der Waals surface area contributed by atoms with Gasteiger partial charge in [-0.05, 0) is 31.4 Å². The van der Waals surface area contributed by atoms with Gasteiger partial charge in [0.1, 0.15) is 5.78 Å². The third-order valence-electron chi connectivity index (χ3n) is 4.33. The Labute approximate surface area is 103 Å². The van der Waals surface area contributed by atoms with Gasteiger partial charge in [-0.3, -0.25) is 9.69 Å². The minimum absolute atomic E-state index is 0.0365. The first kappa shape index (κ1) is 11.0. The minimum Gasteiger partial charge on any atom is -0.299 e. The maximum absolute atomic E-state index is 12.0. The van der Waals surface area contributed by atoms with Crippen LogP contribution >= 0.6 is 0 Å². The third kappa shape index (κ3) is 2.02. The van der Waals surface area contributed by atoms with Crippen molar-refractivity contribution in [3.63, 3.8) is 0 Å². The van der Waals surface area contributed by atoms with E-state index in [0.29, 0.717) is 5.78 Å². The molecule has 2 fully saturated rings. The Morgan fingerprint density at radius 2 is 2.00 bits per heavy atom. The summed E-state index contributed by atoms with van der Waals surface area (Å²) in [4.78, 5) is 14.4. The number of benzene rings is 1. The van der Waals surface area contributed by atoms with Crippen LogP contribution in [0.25, 0.3) is 0 Å². The van der Waals surface area contributed by atoms with E-state index in [2.05, 4.69) is 35.2 Å². The molecule has 2 aliphatic rings. The second-order valence-corrected chi connectivity index (χ2v) is 5.50. The summed E-state index contributed by atoms with van der Waals surface area (Å²) in [5, 5.41) is 0. The van der Waals surface area contributed by atoms with Gasteiger partial charge in [0.2, 0.25) is 0 Å². The summed E-state index contributed by atoms with van der Waals surface area (Å²) in [6.07, 6.45) is 4.13. The normalized spacial score (nSPS) is 29.3. The van der Waals surface area contributed by atoms with Crippen LogP contribution in [0.2, 0.25) is 0 Å². The van der Waals surface area contributed by atoms with E-state index >= 15 is 0 Å². The topological polar surface area (TPSA) is 20.3 Å². The molecule has 1 spiro atoms. The molecule has 0 amide bonds. The van der Waals surface area contributed by atoms with Gasteiger partial charge in [0.15, 0.2) is 0 Å². The number of nitrogens with zero attached hydrogens (tertiary/aromatic N) is 1. The van der Waals surface area contributed by atoms with E-state index in [0.717, 1.165) is 45.3 Å². The van der Waals surface area contributed by atoms with E-state index in [9.17, 15) is 4.79 Å². The molecule has 1 aromatic rings. The van der Waals surface area contributed by atoms with E-state index in [1.54, 1.807) is 0 Å². The van der Waals surface area contributed by atoms with Gasteiger partial charge in [0.25, 0.3) is 0 Å². The highest BCUT2D eigenvalue weighted by atomic mass is 16.1. The Bertz CT molecular complexity index is 414. The summed E-state index contributed by atoms with van der Waals surface area (Å²) in [5.74, 6) is 0.521. The summed E-state index contributed by atoms with van der Waals surface area (Å²) in [5.41, 5.74) is 1.39. The van der Waals surface area contributed by atoms with Crippen molar-refractivity contribution in [3.05, 3.63) is 35.9 Å². The molecular formula is C15H19NO. The molecule has 1 aliphatic heterocycles. The molecule has 90 valence electrons. The molecule has 0 N–H and O–H groups in total. The predicted octanol–water partition coefficient (Wildman–Crippen LogP) is 2.63. The van der Waals surface area contributed by atoms with Crippen LogP contribution in [0.5, 0.6) is 0 Å². The van der Waals surface area contributed by atoms with Crippen molar-refractivity contribution in [2.75, 3.05) is 13.1 Å². The number of rotatable bonds is 2. The van der Waals surface area contributed by atoms with E-state index in [1.165, 1.54) is 5.56 Å². The number of ketones is 1. The molecule has 0 unspecified atom stereocenters. The molecule has 1 heterocycles. The quantitative estimate of drug-likeness (QED) is 0.777. The number of likely N-dealkylation sites (tertiary alicyclic amines) is 1. The lowest BCUT2D eigenvalue weighted by atomic mass is 9.84. The first-order chi connectivity index (χ1) is 8.28. The lowest BCUT2D eigenvalue weighted by Crippen LogP contribution is -2.30. The van der Waals surface area contributed by atoms with E-state index in [1.807, 2.05) is 0 Å². The SMILES string of the molecule is O=C1CCC[C@@]12CCN(Cc1ccccc1)C2. The lowest BCUT2D eigenvalue weighted by molar-refractivity contribution is -0.125. The molecular weight excluding hydrogens is 210 g/mol. The maximum atomic E-state index is 12.0. The summed E-state index contributed by atoms with van der Waals surface area (Å²) in [6.45, 7) is 3.07. The van der Waals surface area contributed by atoms with Gasteiger partial charge in [0, 0.05) is 24.9 Å². The van der Waals surface area contributed by atoms with Gasteiger partial charge in [-0.2, -0.15) is 0 Å². The fourth-order valence-electron chi connectivity index (χ4n) is 3.36. The number of Topliss-reactive ketones (excluding diaryl/α,β-unsaturated/α-hetero) is 1. The van der Waals surface area contributed by atoms with Crippen LogP contribution in [0.15, 0.2) is 30.3 Å². The Balaban J connectivity index is 1.67. The van der Waals surface area contributed by atoms with Crippen LogP contribution < -0.4 is 0 Å². The lowest BCUT2D eigenvalue weighted by Gasteiger charge is -2.22. The first-order valence-corrected chi connectivity index (χ1v) is 6.58. The Morgan fingerprint density at radius 1 is 1.18 bits per heavy atom. The van der Waals surface area contributed by atoms with Gasteiger partial charge in [-0.25, -0.2) is 0 Å². The van der Waals surface area contributed by atoms with Gasteiger partial charge >= 0.3 is 0 Å². The zero-order chi connectivity index (χ0) is 11.7. The van der Waals surface area contributed by atoms with E-state index in [-0.39, 0.29) is 5.41 Å². The summed E-state index contributed by atoms with van der Waals surface area (Å²) in [7, 11) is 0. The molecule has 1 aromatic carbocycles. The zero-order valence-electron chi connectivity index (χ0n) is 10.2. The first-order valence-electron chi connectivity index (χ1n) is 6.58. The van der Waals surface area contributed by atoms with Crippen molar-refractivity contribution in [2.24, 2.45) is 5.41 Å². The number of hydrogen-bond acceptors (Lipinski definition) is 2. The number of hydrogen-bond donors (Lipinski definition) is 0. The maximum Gasteiger partial charge on any atom is 0.140 e. The Kier molecular flexibility index (Phi) is 2.75. The summed E-state index contributed by atoms with van der Waals surface area (Å²) in [6, 6.07) is 10.6. The highest BCUT2D eigenvalue weighted by Crippen LogP contribution is 2.42. The highest BCUT2D eigenvalue weighted by molar-refractivity contribution is 5.87. The molecule has 17 heavy (non-hydrogen) atoms. The molecule has 2 nitrogen and oxygen atoms in total. The smallest absolute Gasteiger partial charge is 0.140 e. The molecule has 0 radical (unpaired) electrons. The molecule has 3 rings (SSSR count). The fourth-order valence-corrected chi connectivity index (χ4v) is 3.36. The molecule has 1 saturated heterocycles. The number of carbonyl (C=O) groups excluding carboxylic acids is 1. The van der Waals surface area contributed by atoms with Crippen molar-refractivity contribution in [1.29, 1.82) is 0 Å². The Morgan fingerprint density at radius 3 is 2.71 bits per heavy atom. The van der Waals surface area contributed by atoms with Crippen LogP contribution in [-0.4, -0.2) is 23.8 Å². The van der Waals surface area contributed by atoms with Gasteiger partial charge < -0.3 is 0 Å². The minimum atomic E-state index is 0.0365. The third-order valence-corrected chi connectivity index (χ3v) is 4.33. The van der Waals surface area contributed by atoms with Gasteiger partial charge in [-0.1, -0.05) is 30.3 Å². The summed E-state index contributed by atoms with van der Waals surface area (Å²) >= 11 is 0. The largest absolute Gasteiger partial charge is 0.299 e. The van der Waals surface area contributed by atoms with Crippen LogP contribution in [0.1, 0.15) is 31.2 Å². The van der Waals surface area contributed by atoms with Crippen molar-refractivity contribution >= 4 is 5.78 Å². The second-order valence-electron chi connectivity index (χ2n) is 5.50. The van der Waals surface area contributed by atoms with Crippen molar-refractivity contribution in [2.45, 2.75) is 32.2 Å². The van der Waals surface area contributed by atoms with Crippen LogP contribution in [0.3, 0.4) is 0 Å². The molecule has 0 aromatic heterocycles. The predicted molar refractivity (Wildman–Crippen MR) is 67.6 cm³/mol. The second kappa shape index (κ2) is 4.26. The molecule has 0 bridgehead atoms.